The van der Waals surface area contributed by atoms with Gasteiger partial charge in [-0.3, -0.25) is 0 Å². The third-order valence-electron chi connectivity index (χ3n) is 3.01. The van der Waals surface area contributed by atoms with Crippen molar-refractivity contribution >= 4 is 32.9 Å². The van der Waals surface area contributed by atoms with Crippen molar-refractivity contribution in [3.63, 3.8) is 0 Å². The van der Waals surface area contributed by atoms with E-state index in [1.165, 1.54) is 0 Å². The first-order valence-corrected chi connectivity index (χ1v) is 7.19. The monoisotopic (exact) mass is 344 g/mol. The van der Waals surface area contributed by atoms with Crippen LogP contribution < -0.4 is 10.1 Å². The van der Waals surface area contributed by atoms with E-state index in [2.05, 4.69) is 36.2 Å². The Balaban J connectivity index is 1.73. The summed E-state index contributed by atoms with van der Waals surface area (Å²) in [6.45, 7) is 0.645. The predicted octanol–water partition coefficient (Wildman–Crippen LogP) is 3.41. The Hall–Kier alpha value is -2.21. The zero-order chi connectivity index (χ0) is 14.7. The number of anilines is 1. The van der Waals surface area contributed by atoms with E-state index >= 15 is 0 Å². The van der Waals surface area contributed by atoms with Crippen molar-refractivity contribution < 1.29 is 4.74 Å². The molecule has 0 saturated carbocycles. The maximum absolute atomic E-state index is 5.13. The normalized spacial score (nSPS) is 10.6. The minimum absolute atomic E-state index is 0.563. The summed E-state index contributed by atoms with van der Waals surface area (Å²) in [5.41, 5.74) is 1.80. The Morgan fingerprint density at radius 2 is 1.95 bits per heavy atom. The number of aromatic nitrogens is 3. The quantitative estimate of drug-likeness (QED) is 0.785. The molecule has 1 aromatic carbocycles. The van der Waals surface area contributed by atoms with Gasteiger partial charge in [0.1, 0.15) is 5.75 Å². The average molecular weight is 345 g/mol. The lowest BCUT2D eigenvalue weighted by Gasteiger charge is -2.06. The van der Waals surface area contributed by atoms with Crippen LogP contribution in [0.2, 0.25) is 0 Å². The van der Waals surface area contributed by atoms with Crippen LogP contribution in [-0.4, -0.2) is 22.1 Å². The molecule has 2 heterocycles. The second-order valence-electron chi connectivity index (χ2n) is 4.46. The van der Waals surface area contributed by atoms with Gasteiger partial charge in [0.15, 0.2) is 5.65 Å². The number of rotatable bonds is 4. The smallest absolute Gasteiger partial charge is 0.224 e. The Labute approximate surface area is 130 Å². The van der Waals surface area contributed by atoms with Crippen molar-refractivity contribution in [2.24, 2.45) is 0 Å². The Morgan fingerprint density at radius 1 is 1.14 bits per heavy atom. The van der Waals surface area contributed by atoms with E-state index in [4.69, 9.17) is 4.74 Å². The first-order chi connectivity index (χ1) is 10.2. The molecule has 0 aliphatic rings. The van der Waals surface area contributed by atoms with Crippen molar-refractivity contribution in [2.45, 2.75) is 6.54 Å². The molecule has 0 aliphatic heterocycles. The molecule has 106 valence electrons. The highest BCUT2D eigenvalue weighted by Crippen LogP contribution is 2.16. The lowest BCUT2D eigenvalue weighted by molar-refractivity contribution is 0.414. The van der Waals surface area contributed by atoms with Gasteiger partial charge < -0.3 is 10.1 Å². The molecular formula is C15H13BrN4O. The highest BCUT2D eigenvalue weighted by Gasteiger charge is 2.02. The van der Waals surface area contributed by atoms with Crippen molar-refractivity contribution in [2.75, 3.05) is 12.4 Å². The number of nitrogens with zero attached hydrogens (tertiary/aromatic N) is 3. The summed E-state index contributed by atoms with van der Waals surface area (Å²) in [4.78, 5) is 12.9. The molecule has 0 saturated heterocycles. The van der Waals surface area contributed by atoms with Gasteiger partial charge in [-0.25, -0.2) is 9.97 Å². The lowest BCUT2D eigenvalue weighted by atomic mass is 10.2. The van der Waals surface area contributed by atoms with E-state index < -0.39 is 0 Å². The number of methoxy groups -OCH3 is 1. The fourth-order valence-electron chi connectivity index (χ4n) is 1.91. The van der Waals surface area contributed by atoms with Gasteiger partial charge in [-0.05, 0) is 39.7 Å². The molecule has 5 nitrogen and oxygen atoms in total. The van der Waals surface area contributed by atoms with E-state index in [1.807, 2.05) is 30.3 Å². The van der Waals surface area contributed by atoms with E-state index in [1.54, 1.807) is 19.5 Å². The standard InChI is InChI=1S/C15H13BrN4O/c1-21-13-4-2-10(3-5-13)7-18-15-19-8-11-6-12(16)9-17-14(11)20-15/h2-6,8-9H,7H2,1H3,(H,17,18,19,20). The van der Waals surface area contributed by atoms with Crippen molar-refractivity contribution in [3.8, 4) is 5.75 Å². The van der Waals surface area contributed by atoms with Gasteiger partial charge in [0.25, 0.3) is 0 Å². The molecule has 0 spiro atoms. The van der Waals surface area contributed by atoms with E-state index in [-0.39, 0.29) is 0 Å². The summed E-state index contributed by atoms with van der Waals surface area (Å²) in [7, 11) is 1.65. The molecule has 0 unspecified atom stereocenters. The van der Waals surface area contributed by atoms with Crippen molar-refractivity contribution in [1.82, 2.24) is 15.0 Å². The molecule has 0 amide bonds. The predicted molar refractivity (Wildman–Crippen MR) is 85.4 cm³/mol. The molecule has 1 N–H and O–H groups in total. The number of halogens is 1. The second kappa shape index (κ2) is 6.05. The van der Waals surface area contributed by atoms with Gasteiger partial charge >= 0.3 is 0 Å². The second-order valence-corrected chi connectivity index (χ2v) is 5.38. The van der Waals surface area contributed by atoms with Gasteiger partial charge in [0, 0.05) is 28.8 Å². The van der Waals surface area contributed by atoms with Gasteiger partial charge in [-0.1, -0.05) is 12.1 Å². The molecule has 0 radical (unpaired) electrons. The number of benzene rings is 1. The molecule has 0 fully saturated rings. The van der Waals surface area contributed by atoms with E-state index in [0.717, 1.165) is 21.2 Å². The molecule has 0 aliphatic carbocycles. The first kappa shape index (κ1) is 13.8. The molecule has 0 atom stereocenters. The van der Waals surface area contributed by atoms with Crippen LogP contribution in [0.25, 0.3) is 11.0 Å². The molecule has 3 aromatic rings. The number of hydrogen-bond acceptors (Lipinski definition) is 5. The molecule has 2 aromatic heterocycles. The molecule has 3 rings (SSSR count). The van der Waals surface area contributed by atoms with Crippen LogP contribution >= 0.6 is 15.9 Å². The summed E-state index contributed by atoms with van der Waals surface area (Å²) in [6.07, 6.45) is 3.49. The van der Waals surface area contributed by atoms with Crippen LogP contribution in [0, 0.1) is 0 Å². The topological polar surface area (TPSA) is 59.9 Å². The SMILES string of the molecule is COc1ccc(CNc2ncc3cc(Br)cnc3n2)cc1. The molecule has 6 heteroatoms. The molecule has 21 heavy (non-hydrogen) atoms. The van der Waals surface area contributed by atoms with Crippen LogP contribution in [0.15, 0.2) is 47.2 Å². The van der Waals surface area contributed by atoms with Gasteiger partial charge in [0.05, 0.1) is 7.11 Å². The van der Waals surface area contributed by atoms with E-state index in [0.29, 0.717) is 18.1 Å². The molecule has 0 bridgehead atoms. The van der Waals surface area contributed by atoms with Crippen LogP contribution in [0.3, 0.4) is 0 Å². The van der Waals surface area contributed by atoms with Crippen LogP contribution in [0.5, 0.6) is 5.75 Å². The third kappa shape index (κ3) is 3.28. The summed E-state index contributed by atoms with van der Waals surface area (Å²) in [5, 5.41) is 4.09. The highest BCUT2D eigenvalue weighted by atomic mass is 79.9. The maximum atomic E-state index is 5.13. The summed E-state index contributed by atoms with van der Waals surface area (Å²) < 4.78 is 6.05. The summed E-state index contributed by atoms with van der Waals surface area (Å²) >= 11 is 3.38. The highest BCUT2D eigenvalue weighted by molar-refractivity contribution is 9.10. The zero-order valence-electron chi connectivity index (χ0n) is 11.4. The van der Waals surface area contributed by atoms with E-state index in [9.17, 15) is 0 Å². The van der Waals surface area contributed by atoms with Crippen LogP contribution in [0.4, 0.5) is 5.95 Å². The van der Waals surface area contributed by atoms with Gasteiger partial charge in [-0.15, -0.1) is 0 Å². The van der Waals surface area contributed by atoms with Gasteiger partial charge in [0.2, 0.25) is 5.95 Å². The minimum atomic E-state index is 0.563. The summed E-state index contributed by atoms with van der Waals surface area (Å²) in [6, 6.07) is 9.80. The number of pyridine rings is 1. The number of fused-ring (bicyclic) bond motifs is 1. The van der Waals surface area contributed by atoms with Crippen molar-refractivity contribution in [1.29, 1.82) is 0 Å². The largest absolute Gasteiger partial charge is 0.497 e. The zero-order valence-corrected chi connectivity index (χ0v) is 13.0. The number of nitrogens with one attached hydrogen (secondary N) is 1. The fourth-order valence-corrected chi connectivity index (χ4v) is 2.25. The average Bonchev–Trinajstić information content (AvgIpc) is 2.53. The number of hydrogen-bond donors (Lipinski definition) is 1. The summed E-state index contributed by atoms with van der Waals surface area (Å²) in [5.74, 6) is 1.41. The van der Waals surface area contributed by atoms with Crippen LogP contribution in [0.1, 0.15) is 5.56 Å². The molecular weight excluding hydrogens is 332 g/mol. The maximum Gasteiger partial charge on any atom is 0.224 e. The Bertz CT molecular complexity index is 761. The van der Waals surface area contributed by atoms with Crippen LogP contribution in [-0.2, 0) is 6.54 Å². The van der Waals surface area contributed by atoms with Gasteiger partial charge in [-0.2, -0.15) is 4.98 Å². The third-order valence-corrected chi connectivity index (χ3v) is 3.44. The Kier molecular flexibility index (Phi) is 3.96. The Morgan fingerprint density at radius 3 is 2.71 bits per heavy atom. The minimum Gasteiger partial charge on any atom is -0.497 e. The fraction of sp³-hybridized carbons (Fsp3) is 0.133. The van der Waals surface area contributed by atoms with Crippen molar-refractivity contribution in [3.05, 3.63) is 52.8 Å². The number of ether oxygens (including phenoxy) is 1. The lowest BCUT2D eigenvalue weighted by Crippen LogP contribution is -2.03. The first-order valence-electron chi connectivity index (χ1n) is 6.40.